The van der Waals surface area contributed by atoms with Crippen LogP contribution >= 0.6 is 15.9 Å². The molecule has 3 rings (SSSR count). The minimum Gasteiger partial charge on any atom is -0.458 e. The molecule has 1 aromatic carbocycles. The molecule has 1 saturated heterocycles. The molecule has 1 aliphatic heterocycles. The molecule has 0 radical (unpaired) electrons. The summed E-state index contributed by atoms with van der Waals surface area (Å²) in [6.45, 7) is 1.10. The lowest BCUT2D eigenvalue weighted by molar-refractivity contribution is 0.0982. The summed E-state index contributed by atoms with van der Waals surface area (Å²) < 4.78 is 19.4. The zero-order valence-electron chi connectivity index (χ0n) is 12.8. The number of piperidine rings is 1. The maximum absolute atomic E-state index is 12.9. The van der Waals surface area contributed by atoms with E-state index in [1.165, 1.54) is 24.3 Å². The molecule has 6 nitrogen and oxygen atoms in total. The van der Waals surface area contributed by atoms with Gasteiger partial charge in [-0.05, 0) is 53.0 Å². The van der Waals surface area contributed by atoms with E-state index in [4.69, 9.17) is 4.74 Å². The minimum atomic E-state index is -0.339. The third-order valence-corrected chi connectivity index (χ3v) is 4.04. The third kappa shape index (κ3) is 4.41. The Morgan fingerprint density at radius 1 is 1.29 bits per heavy atom. The van der Waals surface area contributed by atoms with Crippen molar-refractivity contribution in [2.24, 2.45) is 0 Å². The van der Waals surface area contributed by atoms with E-state index in [1.54, 1.807) is 17.3 Å². The van der Waals surface area contributed by atoms with E-state index < -0.39 is 0 Å². The molecule has 1 aliphatic rings. The predicted octanol–water partition coefficient (Wildman–Crippen LogP) is 3.45. The van der Waals surface area contributed by atoms with Crippen LogP contribution in [0.25, 0.3) is 0 Å². The van der Waals surface area contributed by atoms with E-state index in [-0.39, 0.29) is 18.0 Å². The first kappa shape index (κ1) is 16.6. The number of amides is 2. The fraction of sp³-hybridized carbons (Fsp3) is 0.312. The molecule has 1 aromatic heterocycles. The molecule has 1 N–H and O–H groups in total. The van der Waals surface area contributed by atoms with Crippen LogP contribution in [0.3, 0.4) is 0 Å². The molecule has 2 amide bonds. The number of nitrogens with one attached hydrogen (secondary N) is 1. The second-order valence-electron chi connectivity index (χ2n) is 5.45. The molecule has 2 aromatic rings. The Bertz CT molecular complexity index is 696. The molecule has 24 heavy (non-hydrogen) atoms. The second-order valence-corrected chi connectivity index (χ2v) is 6.36. The summed E-state index contributed by atoms with van der Waals surface area (Å²) >= 11 is 3.27. The van der Waals surface area contributed by atoms with Gasteiger partial charge in [-0.3, -0.25) is 0 Å². The van der Waals surface area contributed by atoms with Gasteiger partial charge in [-0.15, -0.1) is 0 Å². The van der Waals surface area contributed by atoms with Crippen molar-refractivity contribution < 1.29 is 13.9 Å². The van der Waals surface area contributed by atoms with Gasteiger partial charge in [-0.2, -0.15) is 0 Å². The van der Waals surface area contributed by atoms with Gasteiger partial charge in [0, 0.05) is 24.6 Å². The lowest BCUT2D eigenvalue weighted by Gasteiger charge is -2.32. The Kier molecular flexibility index (Phi) is 5.24. The number of carbonyl (C=O) groups excluding carboxylic acids is 1. The van der Waals surface area contributed by atoms with Crippen LogP contribution in [0.4, 0.5) is 14.9 Å². The standard InChI is InChI=1S/C16H16BrFN4O2/c17-11-8-19-15(20-9-11)24-14-2-1-7-22(10-14)16(23)21-13-5-3-12(18)4-6-13/h3-6,8-9,14H,1-2,7,10H2,(H,21,23)/t14-/m1/s1. The van der Waals surface area contributed by atoms with E-state index in [2.05, 4.69) is 31.2 Å². The van der Waals surface area contributed by atoms with Crippen molar-refractivity contribution in [1.82, 2.24) is 14.9 Å². The second kappa shape index (κ2) is 7.57. The molecular formula is C16H16BrFN4O2. The molecule has 1 fully saturated rings. The largest absolute Gasteiger partial charge is 0.458 e. The number of aromatic nitrogens is 2. The van der Waals surface area contributed by atoms with E-state index >= 15 is 0 Å². The molecule has 2 heterocycles. The van der Waals surface area contributed by atoms with Crippen molar-refractivity contribution in [3.8, 4) is 6.01 Å². The van der Waals surface area contributed by atoms with Crippen LogP contribution in [0.15, 0.2) is 41.1 Å². The van der Waals surface area contributed by atoms with E-state index in [0.717, 1.165) is 17.3 Å². The normalized spacial score (nSPS) is 17.4. The highest BCUT2D eigenvalue weighted by molar-refractivity contribution is 9.10. The predicted molar refractivity (Wildman–Crippen MR) is 90.4 cm³/mol. The van der Waals surface area contributed by atoms with Crippen LogP contribution in [0.5, 0.6) is 6.01 Å². The summed E-state index contributed by atoms with van der Waals surface area (Å²) in [5.41, 5.74) is 0.556. The number of carbonyl (C=O) groups is 1. The highest BCUT2D eigenvalue weighted by atomic mass is 79.9. The van der Waals surface area contributed by atoms with Gasteiger partial charge in [0.15, 0.2) is 0 Å². The van der Waals surface area contributed by atoms with Crippen LogP contribution in [-0.2, 0) is 0 Å². The molecule has 126 valence electrons. The van der Waals surface area contributed by atoms with E-state index in [9.17, 15) is 9.18 Å². The number of hydrogen-bond donors (Lipinski definition) is 1. The quantitative estimate of drug-likeness (QED) is 0.865. The van der Waals surface area contributed by atoms with Gasteiger partial charge < -0.3 is 15.0 Å². The van der Waals surface area contributed by atoms with Crippen molar-refractivity contribution in [2.45, 2.75) is 18.9 Å². The zero-order valence-corrected chi connectivity index (χ0v) is 14.4. The topological polar surface area (TPSA) is 67.4 Å². The van der Waals surface area contributed by atoms with Gasteiger partial charge in [-0.25, -0.2) is 19.2 Å². The number of benzene rings is 1. The number of ether oxygens (including phenoxy) is 1. The number of nitrogens with zero attached hydrogens (tertiary/aromatic N) is 3. The van der Waals surface area contributed by atoms with Crippen LogP contribution in [0.2, 0.25) is 0 Å². The van der Waals surface area contributed by atoms with Gasteiger partial charge in [0.1, 0.15) is 11.9 Å². The summed E-state index contributed by atoms with van der Waals surface area (Å²) in [4.78, 5) is 22.2. The van der Waals surface area contributed by atoms with Gasteiger partial charge in [0.25, 0.3) is 0 Å². The lowest BCUT2D eigenvalue weighted by atomic mass is 10.1. The molecule has 0 unspecified atom stereocenters. The first-order valence-electron chi connectivity index (χ1n) is 7.56. The fourth-order valence-corrected chi connectivity index (χ4v) is 2.67. The molecule has 0 aliphatic carbocycles. The SMILES string of the molecule is O=C(Nc1ccc(F)cc1)N1CCC[C@@H](Oc2ncc(Br)cn2)C1. The van der Waals surface area contributed by atoms with Gasteiger partial charge in [0.2, 0.25) is 0 Å². The van der Waals surface area contributed by atoms with Crippen molar-refractivity contribution in [2.75, 3.05) is 18.4 Å². The average molecular weight is 395 g/mol. The summed E-state index contributed by atoms with van der Waals surface area (Å²) in [6.07, 6.45) is 4.74. The highest BCUT2D eigenvalue weighted by Gasteiger charge is 2.25. The molecule has 0 bridgehead atoms. The Morgan fingerprint density at radius 3 is 2.71 bits per heavy atom. The van der Waals surface area contributed by atoms with Gasteiger partial charge in [0.05, 0.1) is 11.0 Å². The summed E-state index contributed by atoms with van der Waals surface area (Å²) in [6, 6.07) is 5.74. The zero-order chi connectivity index (χ0) is 16.9. The average Bonchev–Trinajstić information content (AvgIpc) is 2.59. The maximum Gasteiger partial charge on any atom is 0.321 e. The number of rotatable bonds is 3. The number of halogens is 2. The Labute approximate surface area is 147 Å². The number of likely N-dealkylation sites (tertiary alicyclic amines) is 1. The summed E-state index contributed by atoms with van der Waals surface area (Å²) in [7, 11) is 0. The monoisotopic (exact) mass is 394 g/mol. The summed E-state index contributed by atoms with van der Waals surface area (Å²) in [5.74, 6) is -0.339. The van der Waals surface area contributed by atoms with Crippen LogP contribution in [-0.4, -0.2) is 40.1 Å². The Morgan fingerprint density at radius 2 is 2.00 bits per heavy atom. The molecule has 0 spiro atoms. The van der Waals surface area contributed by atoms with E-state index in [1.807, 2.05) is 0 Å². The minimum absolute atomic E-state index is 0.154. The highest BCUT2D eigenvalue weighted by Crippen LogP contribution is 2.18. The fourth-order valence-electron chi connectivity index (χ4n) is 2.46. The van der Waals surface area contributed by atoms with Crippen molar-refractivity contribution in [1.29, 1.82) is 0 Å². The van der Waals surface area contributed by atoms with Crippen LogP contribution < -0.4 is 10.1 Å². The summed E-state index contributed by atoms with van der Waals surface area (Å²) in [5, 5.41) is 2.76. The molecule has 0 saturated carbocycles. The molecule has 1 atom stereocenters. The smallest absolute Gasteiger partial charge is 0.321 e. The number of hydrogen-bond acceptors (Lipinski definition) is 4. The van der Waals surface area contributed by atoms with Gasteiger partial charge in [-0.1, -0.05) is 0 Å². The maximum atomic E-state index is 12.9. The first-order valence-corrected chi connectivity index (χ1v) is 8.35. The number of anilines is 1. The number of urea groups is 1. The van der Waals surface area contributed by atoms with Crippen LogP contribution in [0, 0.1) is 5.82 Å². The molecule has 8 heteroatoms. The van der Waals surface area contributed by atoms with Crippen molar-refractivity contribution in [3.05, 3.63) is 46.9 Å². The lowest BCUT2D eigenvalue weighted by Crippen LogP contribution is -2.46. The molecular weight excluding hydrogens is 379 g/mol. The van der Waals surface area contributed by atoms with Gasteiger partial charge >= 0.3 is 12.0 Å². The van der Waals surface area contributed by atoms with Crippen molar-refractivity contribution >= 4 is 27.6 Å². The van der Waals surface area contributed by atoms with Crippen LogP contribution in [0.1, 0.15) is 12.8 Å². The third-order valence-electron chi connectivity index (χ3n) is 3.63. The first-order chi connectivity index (χ1) is 11.6. The Hall–Kier alpha value is -2.22. The van der Waals surface area contributed by atoms with E-state index in [0.29, 0.717) is 24.8 Å². The Balaban J connectivity index is 1.57. The van der Waals surface area contributed by atoms with Crippen molar-refractivity contribution in [3.63, 3.8) is 0 Å².